The monoisotopic (exact) mass is 536 g/mol. The first-order valence-corrected chi connectivity index (χ1v) is 9.94. The molecule has 0 heterocycles. The predicted molar refractivity (Wildman–Crippen MR) is 110 cm³/mol. The van der Waals surface area contributed by atoms with Crippen molar-refractivity contribution >= 4 is 18.0 Å². The van der Waals surface area contributed by atoms with Crippen LogP contribution in [0.2, 0.25) is 0 Å². The highest BCUT2D eigenvalue weighted by atomic mass is 19.2. The summed E-state index contributed by atoms with van der Waals surface area (Å²) in [7, 11) is 0. The van der Waals surface area contributed by atoms with Gasteiger partial charge in [-0.15, -0.1) is 0 Å². The molecule has 0 bridgehead atoms. The van der Waals surface area contributed by atoms with E-state index in [0.717, 1.165) is 12.1 Å². The molecule has 0 spiro atoms. The molecule has 3 rings (SSSR count). The molecular weight excluding hydrogens is 523 g/mol. The molecule has 0 atom stereocenters. The highest BCUT2D eigenvalue weighted by molar-refractivity contribution is 5.93. The minimum Gasteiger partial charge on any atom is -0.416 e. The largest absolute Gasteiger partial charge is 0.416 e. The van der Waals surface area contributed by atoms with Gasteiger partial charge in [0.2, 0.25) is 52.2 Å². The summed E-state index contributed by atoms with van der Waals surface area (Å²) in [5, 5.41) is 0. The van der Waals surface area contributed by atoms with E-state index in [1.165, 1.54) is 18.2 Å². The van der Waals surface area contributed by atoms with E-state index in [1.54, 1.807) is 0 Å². The van der Waals surface area contributed by atoms with Crippen LogP contribution >= 0.6 is 0 Å². The summed E-state index contributed by atoms with van der Waals surface area (Å²) < 4.78 is 132. The standard InChI is InChI=1S/C22H7F9O4.C2H6/c1-2-7-3-5-8(6-4-7)21(32)34-19-15(28)10(23)9(11(24)16(19)29)22(33)35-20-17(30)13(26)12(25)14(27)18(20)31;1-2/h2-6H,1H2;1-2H3. The van der Waals surface area contributed by atoms with E-state index >= 15 is 0 Å². The highest BCUT2D eigenvalue weighted by Gasteiger charge is 2.35. The lowest BCUT2D eigenvalue weighted by Gasteiger charge is -2.13. The Balaban J connectivity index is 0.00000235. The zero-order valence-electron chi connectivity index (χ0n) is 18.6. The zero-order valence-corrected chi connectivity index (χ0v) is 18.6. The van der Waals surface area contributed by atoms with E-state index in [4.69, 9.17) is 0 Å². The average molecular weight is 536 g/mol. The summed E-state index contributed by atoms with van der Waals surface area (Å²) in [4.78, 5) is 24.0. The van der Waals surface area contributed by atoms with E-state index in [-0.39, 0.29) is 5.56 Å². The van der Waals surface area contributed by atoms with Crippen LogP contribution in [0.4, 0.5) is 39.5 Å². The molecule has 0 aliphatic carbocycles. The number of benzene rings is 3. The Kier molecular flexibility index (Phi) is 9.10. The van der Waals surface area contributed by atoms with Gasteiger partial charge in [0.1, 0.15) is 5.56 Å². The van der Waals surface area contributed by atoms with Gasteiger partial charge in [-0.2, -0.15) is 17.6 Å². The number of ether oxygens (including phenoxy) is 2. The maximum Gasteiger partial charge on any atom is 0.349 e. The van der Waals surface area contributed by atoms with Crippen LogP contribution in [-0.4, -0.2) is 11.9 Å². The molecule has 37 heavy (non-hydrogen) atoms. The summed E-state index contributed by atoms with van der Waals surface area (Å²) in [5.74, 6) is -31.4. The molecule has 13 heteroatoms. The minimum atomic E-state index is -2.66. The van der Waals surface area contributed by atoms with Crippen LogP contribution in [0.15, 0.2) is 30.8 Å². The third-order valence-corrected chi connectivity index (χ3v) is 4.37. The van der Waals surface area contributed by atoms with Gasteiger partial charge >= 0.3 is 11.9 Å². The molecule has 4 nitrogen and oxygen atoms in total. The maximum absolute atomic E-state index is 14.4. The first-order valence-electron chi connectivity index (χ1n) is 9.94. The third-order valence-electron chi connectivity index (χ3n) is 4.37. The molecule has 0 N–H and O–H groups in total. The van der Waals surface area contributed by atoms with Crippen molar-refractivity contribution in [2.75, 3.05) is 0 Å². The van der Waals surface area contributed by atoms with Gasteiger partial charge in [-0.25, -0.2) is 31.5 Å². The molecular formula is C24H13F9O4. The van der Waals surface area contributed by atoms with Crippen LogP contribution in [0, 0.1) is 52.4 Å². The van der Waals surface area contributed by atoms with Crippen LogP contribution in [0.3, 0.4) is 0 Å². The van der Waals surface area contributed by atoms with Crippen molar-refractivity contribution in [3.8, 4) is 11.5 Å². The van der Waals surface area contributed by atoms with E-state index in [0.29, 0.717) is 5.56 Å². The molecule has 0 amide bonds. The zero-order chi connectivity index (χ0) is 28.2. The molecule has 0 unspecified atom stereocenters. The number of halogens is 9. The number of carbonyl (C=O) groups is 2. The normalized spacial score (nSPS) is 10.4. The summed E-state index contributed by atoms with van der Waals surface area (Å²) in [5.41, 5.74) is -2.03. The van der Waals surface area contributed by atoms with Crippen molar-refractivity contribution in [1.82, 2.24) is 0 Å². The lowest BCUT2D eigenvalue weighted by atomic mass is 10.1. The number of rotatable bonds is 5. The van der Waals surface area contributed by atoms with Crippen LogP contribution in [-0.2, 0) is 0 Å². The Morgan fingerprint density at radius 2 is 0.946 bits per heavy atom. The van der Waals surface area contributed by atoms with Gasteiger partial charge in [-0.3, -0.25) is 0 Å². The Morgan fingerprint density at radius 1 is 0.595 bits per heavy atom. The fraction of sp³-hybridized carbons (Fsp3) is 0.0833. The summed E-state index contributed by atoms with van der Waals surface area (Å²) >= 11 is 0. The lowest BCUT2D eigenvalue weighted by Crippen LogP contribution is -2.20. The fourth-order valence-corrected chi connectivity index (χ4v) is 2.61. The third kappa shape index (κ3) is 5.44. The highest BCUT2D eigenvalue weighted by Crippen LogP contribution is 2.33. The van der Waals surface area contributed by atoms with Gasteiger partial charge in [0.05, 0.1) is 5.56 Å². The van der Waals surface area contributed by atoms with E-state index < -0.39 is 81.4 Å². The second-order valence-electron chi connectivity index (χ2n) is 6.46. The van der Waals surface area contributed by atoms with Gasteiger partial charge in [0, 0.05) is 0 Å². The Labute approximate surface area is 202 Å². The SMILES string of the molecule is C=Cc1ccc(C(=O)Oc2c(F)c(F)c(C(=O)Oc3c(F)c(F)c(F)c(F)c3F)c(F)c2F)cc1.CC. The van der Waals surface area contributed by atoms with Gasteiger partial charge in [-0.05, 0) is 17.7 Å². The maximum atomic E-state index is 14.4. The lowest BCUT2D eigenvalue weighted by molar-refractivity contribution is 0.0700. The van der Waals surface area contributed by atoms with Crippen molar-refractivity contribution < 1.29 is 58.6 Å². The van der Waals surface area contributed by atoms with Crippen molar-refractivity contribution in [3.63, 3.8) is 0 Å². The average Bonchev–Trinajstić information content (AvgIpc) is 2.91. The summed E-state index contributed by atoms with van der Waals surface area (Å²) in [6.45, 7) is 7.45. The summed E-state index contributed by atoms with van der Waals surface area (Å²) in [6, 6.07) is 4.93. The predicted octanol–water partition coefficient (Wildman–Crippen LogP) is 7.05. The van der Waals surface area contributed by atoms with Crippen LogP contribution in [0.1, 0.15) is 40.1 Å². The smallest absolute Gasteiger partial charge is 0.349 e. The first kappa shape index (κ1) is 28.9. The van der Waals surface area contributed by atoms with Gasteiger partial charge in [-0.1, -0.05) is 38.6 Å². The van der Waals surface area contributed by atoms with Crippen molar-refractivity contribution in [2.24, 2.45) is 0 Å². The number of esters is 2. The molecule has 0 fully saturated rings. The number of hydrogen-bond donors (Lipinski definition) is 0. The molecule has 0 saturated carbocycles. The first-order chi connectivity index (χ1) is 17.4. The second-order valence-corrected chi connectivity index (χ2v) is 6.46. The molecule has 0 aliphatic rings. The molecule has 0 saturated heterocycles. The van der Waals surface area contributed by atoms with E-state index in [2.05, 4.69) is 16.1 Å². The van der Waals surface area contributed by atoms with Crippen molar-refractivity contribution in [3.05, 3.63) is 99.9 Å². The van der Waals surface area contributed by atoms with Gasteiger partial charge in [0.15, 0.2) is 11.6 Å². The molecule has 3 aromatic carbocycles. The van der Waals surface area contributed by atoms with Crippen molar-refractivity contribution in [1.29, 1.82) is 0 Å². The van der Waals surface area contributed by atoms with Gasteiger partial charge < -0.3 is 9.47 Å². The fourth-order valence-electron chi connectivity index (χ4n) is 2.61. The molecule has 3 aromatic rings. The molecule has 0 aliphatic heterocycles. The Bertz CT molecular complexity index is 1330. The molecule has 196 valence electrons. The number of hydrogen-bond acceptors (Lipinski definition) is 4. The van der Waals surface area contributed by atoms with Gasteiger partial charge in [0.25, 0.3) is 0 Å². The van der Waals surface area contributed by atoms with E-state index in [9.17, 15) is 49.1 Å². The Morgan fingerprint density at radius 3 is 1.35 bits per heavy atom. The summed E-state index contributed by atoms with van der Waals surface area (Å²) in [6.07, 6.45) is 1.39. The van der Waals surface area contributed by atoms with Crippen LogP contribution in [0.5, 0.6) is 11.5 Å². The molecule has 0 aromatic heterocycles. The van der Waals surface area contributed by atoms with Crippen molar-refractivity contribution in [2.45, 2.75) is 13.8 Å². The van der Waals surface area contributed by atoms with E-state index in [1.807, 2.05) is 13.8 Å². The second kappa shape index (κ2) is 11.6. The van der Waals surface area contributed by atoms with Crippen LogP contribution in [0.25, 0.3) is 6.08 Å². The molecule has 0 radical (unpaired) electrons. The number of carbonyl (C=O) groups excluding carboxylic acids is 2. The topological polar surface area (TPSA) is 52.6 Å². The minimum absolute atomic E-state index is 0.315. The Hall–Kier alpha value is -4.29. The quantitative estimate of drug-likeness (QED) is 0.115. The van der Waals surface area contributed by atoms with Crippen LogP contribution < -0.4 is 9.47 Å².